The van der Waals surface area contributed by atoms with Crippen molar-refractivity contribution in [2.45, 2.75) is 0 Å². The lowest BCUT2D eigenvalue weighted by Gasteiger charge is -1.98. The van der Waals surface area contributed by atoms with E-state index in [-0.39, 0.29) is 11.3 Å². The van der Waals surface area contributed by atoms with Crippen LogP contribution in [0.25, 0.3) is 6.08 Å². The average Bonchev–Trinajstić information content (AvgIpc) is 2.46. The molecule has 2 aromatic rings. The zero-order valence-corrected chi connectivity index (χ0v) is 10.3. The maximum absolute atomic E-state index is 13.4. The number of carbonyl (C=O) groups is 1. The molecule has 0 saturated carbocycles. The SMILES string of the molecule is N#Cc1ccc(C(=O)/C=C/c2ccc(F)cc2F)cc1. The Balaban J connectivity index is 2.18. The van der Waals surface area contributed by atoms with Crippen molar-refractivity contribution in [2.75, 3.05) is 0 Å². The molecule has 0 fully saturated rings. The maximum atomic E-state index is 13.4. The van der Waals surface area contributed by atoms with E-state index in [9.17, 15) is 13.6 Å². The summed E-state index contributed by atoms with van der Waals surface area (Å²) in [5.74, 6) is -1.72. The molecule has 98 valence electrons. The minimum Gasteiger partial charge on any atom is -0.289 e. The highest BCUT2D eigenvalue weighted by Crippen LogP contribution is 2.12. The number of allylic oxidation sites excluding steroid dienone is 1. The second-order valence-electron chi connectivity index (χ2n) is 4.05. The molecule has 0 unspecified atom stereocenters. The van der Waals surface area contributed by atoms with E-state index in [4.69, 9.17) is 5.26 Å². The monoisotopic (exact) mass is 269 g/mol. The van der Waals surface area contributed by atoms with Gasteiger partial charge < -0.3 is 0 Å². The van der Waals surface area contributed by atoms with Crippen LogP contribution in [0.1, 0.15) is 21.5 Å². The summed E-state index contributed by atoms with van der Waals surface area (Å²) in [7, 11) is 0. The van der Waals surface area contributed by atoms with E-state index >= 15 is 0 Å². The number of ketones is 1. The Morgan fingerprint density at radius 1 is 1.10 bits per heavy atom. The highest BCUT2D eigenvalue weighted by Gasteiger charge is 2.04. The topological polar surface area (TPSA) is 40.9 Å². The summed E-state index contributed by atoms with van der Waals surface area (Å²) in [5, 5.41) is 8.65. The van der Waals surface area contributed by atoms with Crippen molar-refractivity contribution in [3.05, 3.63) is 76.9 Å². The molecule has 0 saturated heterocycles. The van der Waals surface area contributed by atoms with Crippen LogP contribution < -0.4 is 0 Å². The Bertz CT molecular complexity index is 712. The number of benzene rings is 2. The number of hydrogen-bond donors (Lipinski definition) is 0. The average molecular weight is 269 g/mol. The molecule has 0 amide bonds. The number of rotatable bonds is 3. The highest BCUT2D eigenvalue weighted by atomic mass is 19.1. The third-order valence-electron chi connectivity index (χ3n) is 2.68. The first-order valence-electron chi connectivity index (χ1n) is 5.78. The Hall–Kier alpha value is -2.80. The number of halogens is 2. The summed E-state index contributed by atoms with van der Waals surface area (Å²) in [6.45, 7) is 0. The lowest BCUT2D eigenvalue weighted by Crippen LogP contribution is -1.94. The van der Waals surface area contributed by atoms with E-state index in [1.807, 2.05) is 6.07 Å². The van der Waals surface area contributed by atoms with Crippen LogP contribution in [-0.2, 0) is 0 Å². The van der Waals surface area contributed by atoms with E-state index in [1.165, 1.54) is 42.5 Å². The van der Waals surface area contributed by atoms with Gasteiger partial charge in [0.1, 0.15) is 11.6 Å². The van der Waals surface area contributed by atoms with Crippen LogP contribution in [0, 0.1) is 23.0 Å². The molecule has 0 radical (unpaired) electrons. The zero-order chi connectivity index (χ0) is 14.5. The largest absolute Gasteiger partial charge is 0.289 e. The lowest BCUT2D eigenvalue weighted by molar-refractivity contribution is 0.104. The number of carbonyl (C=O) groups excluding carboxylic acids is 1. The Morgan fingerprint density at radius 3 is 2.40 bits per heavy atom. The van der Waals surface area contributed by atoms with Crippen LogP contribution in [0.5, 0.6) is 0 Å². The van der Waals surface area contributed by atoms with Gasteiger partial charge in [-0.15, -0.1) is 0 Å². The molecule has 0 aliphatic rings. The van der Waals surface area contributed by atoms with E-state index in [1.54, 1.807) is 0 Å². The van der Waals surface area contributed by atoms with Crippen LogP contribution in [0.15, 0.2) is 48.5 Å². The minimum absolute atomic E-state index is 0.133. The van der Waals surface area contributed by atoms with Gasteiger partial charge in [-0.3, -0.25) is 4.79 Å². The summed E-state index contributed by atoms with van der Waals surface area (Å²) >= 11 is 0. The van der Waals surface area contributed by atoms with Crippen molar-refractivity contribution in [3.63, 3.8) is 0 Å². The van der Waals surface area contributed by atoms with E-state index in [0.29, 0.717) is 11.1 Å². The molecule has 2 nitrogen and oxygen atoms in total. The first-order valence-corrected chi connectivity index (χ1v) is 5.78. The predicted molar refractivity (Wildman–Crippen MR) is 70.9 cm³/mol. The van der Waals surface area contributed by atoms with E-state index < -0.39 is 11.6 Å². The standard InChI is InChI=1S/C16H9F2NO/c17-14-7-5-12(15(18)9-14)6-8-16(20)13-3-1-11(10-19)2-4-13/h1-9H/b8-6+. The normalized spacial score (nSPS) is 10.4. The van der Waals surface area contributed by atoms with Crippen molar-refractivity contribution >= 4 is 11.9 Å². The van der Waals surface area contributed by atoms with Crippen LogP contribution in [0.2, 0.25) is 0 Å². The summed E-state index contributed by atoms with van der Waals surface area (Å²) < 4.78 is 26.1. The fourth-order valence-corrected chi connectivity index (χ4v) is 1.61. The molecule has 0 bridgehead atoms. The maximum Gasteiger partial charge on any atom is 0.185 e. The Morgan fingerprint density at radius 2 is 1.80 bits per heavy atom. The second-order valence-corrected chi connectivity index (χ2v) is 4.05. The molecule has 0 aliphatic heterocycles. The third-order valence-corrected chi connectivity index (χ3v) is 2.68. The van der Waals surface area contributed by atoms with Gasteiger partial charge >= 0.3 is 0 Å². The van der Waals surface area contributed by atoms with Crippen molar-refractivity contribution in [1.82, 2.24) is 0 Å². The molecule has 20 heavy (non-hydrogen) atoms. The van der Waals surface area contributed by atoms with Gasteiger partial charge in [0.2, 0.25) is 0 Å². The highest BCUT2D eigenvalue weighted by molar-refractivity contribution is 6.06. The van der Waals surface area contributed by atoms with Gasteiger partial charge in [-0.2, -0.15) is 5.26 Å². The smallest absolute Gasteiger partial charge is 0.185 e. The lowest BCUT2D eigenvalue weighted by atomic mass is 10.1. The molecular formula is C16H9F2NO. The Kier molecular flexibility index (Phi) is 4.02. The van der Waals surface area contributed by atoms with Crippen molar-refractivity contribution in [3.8, 4) is 6.07 Å². The van der Waals surface area contributed by atoms with Crippen molar-refractivity contribution in [2.24, 2.45) is 0 Å². The summed E-state index contributed by atoms with van der Waals surface area (Å²) in [5.41, 5.74) is 0.978. The number of nitriles is 1. The number of nitrogens with zero attached hydrogens (tertiary/aromatic N) is 1. The van der Waals surface area contributed by atoms with Gasteiger partial charge in [0, 0.05) is 17.2 Å². The summed E-state index contributed by atoms with van der Waals surface area (Å²) in [4.78, 5) is 11.8. The van der Waals surface area contributed by atoms with Gasteiger partial charge in [0.05, 0.1) is 11.6 Å². The van der Waals surface area contributed by atoms with E-state index in [2.05, 4.69) is 0 Å². The van der Waals surface area contributed by atoms with Crippen molar-refractivity contribution < 1.29 is 13.6 Å². The third kappa shape index (κ3) is 3.15. The molecule has 2 aromatic carbocycles. The molecule has 0 heterocycles. The fourth-order valence-electron chi connectivity index (χ4n) is 1.61. The predicted octanol–water partition coefficient (Wildman–Crippen LogP) is 3.73. The molecular weight excluding hydrogens is 260 g/mol. The van der Waals surface area contributed by atoms with Gasteiger partial charge in [0.25, 0.3) is 0 Å². The minimum atomic E-state index is -0.728. The number of hydrogen-bond acceptors (Lipinski definition) is 2. The van der Waals surface area contributed by atoms with Gasteiger partial charge in [-0.1, -0.05) is 0 Å². The molecule has 0 N–H and O–H groups in total. The zero-order valence-electron chi connectivity index (χ0n) is 10.3. The van der Waals surface area contributed by atoms with Crippen LogP contribution in [-0.4, -0.2) is 5.78 Å². The first kappa shape index (κ1) is 13.6. The van der Waals surface area contributed by atoms with Crippen LogP contribution in [0.4, 0.5) is 8.78 Å². The molecule has 0 atom stereocenters. The molecule has 2 rings (SSSR count). The Labute approximate surface area is 114 Å². The molecule has 0 aromatic heterocycles. The quantitative estimate of drug-likeness (QED) is 0.629. The van der Waals surface area contributed by atoms with Crippen LogP contribution >= 0.6 is 0 Å². The van der Waals surface area contributed by atoms with Gasteiger partial charge in [-0.25, -0.2) is 8.78 Å². The summed E-state index contributed by atoms with van der Waals surface area (Å²) in [6, 6.07) is 11.2. The molecule has 4 heteroatoms. The molecule has 0 aliphatic carbocycles. The van der Waals surface area contributed by atoms with Crippen LogP contribution in [0.3, 0.4) is 0 Å². The van der Waals surface area contributed by atoms with E-state index in [0.717, 1.165) is 12.1 Å². The first-order chi connectivity index (χ1) is 9.60. The summed E-state index contributed by atoms with van der Waals surface area (Å²) in [6.07, 6.45) is 2.49. The van der Waals surface area contributed by atoms with Crippen molar-refractivity contribution in [1.29, 1.82) is 5.26 Å². The molecule has 0 spiro atoms. The second kappa shape index (κ2) is 5.89. The fraction of sp³-hybridized carbons (Fsp3) is 0. The van der Waals surface area contributed by atoms with Gasteiger partial charge in [0.15, 0.2) is 5.78 Å². The van der Waals surface area contributed by atoms with Gasteiger partial charge in [-0.05, 0) is 48.6 Å².